The highest BCUT2D eigenvalue weighted by Crippen LogP contribution is 2.44. The molecule has 2 aliphatic heterocycles. The molecule has 8 heteroatoms. The third-order valence-corrected chi connectivity index (χ3v) is 5.84. The van der Waals surface area contributed by atoms with Crippen molar-refractivity contribution in [3.63, 3.8) is 0 Å². The maximum atomic E-state index is 13.7. The first-order chi connectivity index (χ1) is 14.8. The van der Waals surface area contributed by atoms with Crippen LogP contribution in [-0.4, -0.2) is 34.8 Å². The average Bonchev–Trinajstić information content (AvgIpc) is 3.11. The van der Waals surface area contributed by atoms with Crippen molar-refractivity contribution in [1.29, 1.82) is 0 Å². The Hall–Kier alpha value is -3.55. The molecule has 0 saturated carbocycles. The number of nitrogens with zero attached hydrogens (tertiary/aromatic N) is 2. The van der Waals surface area contributed by atoms with Crippen LogP contribution in [0.15, 0.2) is 55.1 Å². The second-order valence-electron chi connectivity index (χ2n) is 7.64. The Morgan fingerprint density at radius 3 is 2.68 bits per heavy atom. The summed E-state index contributed by atoms with van der Waals surface area (Å²) in [5.74, 6) is -3.23. The zero-order valence-corrected chi connectivity index (χ0v) is 16.9. The lowest BCUT2D eigenvalue weighted by molar-refractivity contribution is -0.134. The molecular formula is C23H21F2N3O3. The summed E-state index contributed by atoms with van der Waals surface area (Å²) in [4.78, 5) is 42.5. The van der Waals surface area contributed by atoms with Gasteiger partial charge < -0.3 is 10.2 Å². The van der Waals surface area contributed by atoms with Crippen molar-refractivity contribution >= 4 is 23.4 Å². The highest BCUT2D eigenvalue weighted by Gasteiger charge is 2.60. The van der Waals surface area contributed by atoms with Gasteiger partial charge in [0.1, 0.15) is 0 Å². The van der Waals surface area contributed by atoms with Crippen LogP contribution < -0.4 is 10.2 Å². The molecule has 0 unspecified atom stereocenters. The standard InChI is InChI=1S/C23H21F2N3O3/c1-3-12-27-21(30)16-6-4-5-7-19(16)28-20(29)10-11-23(27,28)22(31)26-14(2)15-8-9-17(24)18(25)13-15/h3-9,13-14H,1,10-12H2,2H3,(H,26,31)/t14-,23-/m1/s1. The summed E-state index contributed by atoms with van der Waals surface area (Å²) in [6.45, 7) is 5.37. The van der Waals surface area contributed by atoms with Gasteiger partial charge in [-0.05, 0) is 36.8 Å². The van der Waals surface area contributed by atoms with E-state index < -0.39 is 29.2 Å². The van der Waals surface area contributed by atoms with E-state index in [1.165, 1.54) is 21.9 Å². The highest BCUT2D eigenvalue weighted by atomic mass is 19.2. The van der Waals surface area contributed by atoms with Crippen molar-refractivity contribution in [3.8, 4) is 0 Å². The molecule has 1 fully saturated rings. The zero-order valence-electron chi connectivity index (χ0n) is 16.9. The highest BCUT2D eigenvalue weighted by molar-refractivity contribution is 6.16. The Kier molecular flexibility index (Phi) is 5.08. The minimum Gasteiger partial charge on any atom is -0.346 e. The first-order valence-electron chi connectivity index (χ1n) is 9.92. The topological polar surface area (TPSA) is 69.7 Å². The fourth-order valence-electron chi connectivity index (χ4n) is 4.34. The molecule has 0 aliphatic carbocycles. The van der Waals surface area contributed by atoms with Crippen LogP contribution in [0.1, 0.15) is 41.7 Å². The predicted octanol–water partition coefficient (Wildman–Crippen LogP) is 3.31. The van der Waals surface area contributed by atoms with Crippen molar-refractivity contribution in [2.24, 2.45) is 0 Å². The van der Waals surface area contributed by atoms with E-state index in [4.69, 9.17) is 0 Å². The number of benzene rings is 2. The van der Waals surface area contributed by atoms with E-state index in [1.807, 2.05) is 0 Å². The second-order valence-corrected chi connectivity index (χ2v) is 7.64. The molecule has 160 valence electrons. The van der Waals surface area contributed by atoms with Crippen LogP contribution >= 0.6 is 0 Å². The molecule has 1 saturated heterocycles. The minimum absolute atomic E-state index is 0.0594. The molecule has 2 aliphatic rings. The van der Waals surface area contributed by atoms with Crippen LogP contribution in [0.4, 0.5) is 14.5 Å². The van der Waals surface area contributed by atoms with Crippen molar-refractivity contribution in [2.75, 3.05) is 11.4 Å². The van der Waals surface area contributed by atoms with Gasteiger partial charge in [-0.25, -0.2) is 8.78 Å². The molecule has 2 heterocycles. The summed E-state index contributed by atoms with van der Waals surface area (Å²) in [7, 11) is 0. The number of rotatable bonds is 5. The van der Waals surface area contributed by atoms with E-state index >= 15 is 0 Å². The van der Waals surface area contributed by atoms with Crippen molar-refractivity contribution in [1.82, 2.24) is 10.2 Å². The number of halogens is 2. The van der Waals surface area contributed by atoms with Crippen LogP contribution in [0.5, 0.6) is 0 Å². The van der Waals surface area contributed by atoms with Gasteiger partial charge in [0.2, 0.25) is 11.6 Å². The smallest absolute Gasteiger partial charge is 0.267 e. The average molecular weight is 425 g/mol. The van der Waals surface area contributed by atoms with Gasteiger partial charge in [0.15, 0.2) is 11.6 Å². The van der Waals surface area contributed by atoms with Gasteiger partial charge in [-0.3, -0.25) is 19.3 Å². The Balaban J connectivity index is 1.77. The van der Waals surface area contributed by atoms with Gasteiger partial charge in [-0.15, -0.1) is 6.58 Å². The molecule has 6 nitrogen and oxygen atoms in total. The molecule has 1 N–H and O–H groups in total. The molecular weight excluding hydrogens is 404 g/mol. The van der Waals surface area contributed by atoms with Crippen molar-refractivity contribution < 1.29 is 23.2 Å². The van der Waals surface area contributed by atoms with E-state index in [9.17, 15) is 23.2 Å². The van der Waals surface area contributed by atoms with E-state index in [0.717, 1.165) is 12.1 Å². The van der Waals surface area contributed by atoms with Gasteiger partial charge in [0, 0.05) is 19.4 Å². The van der Waals surface area contributed by atoms with Crippen molar-refractivity contribution in [2.45, 2.75) is 31.5 Å². The SMILES string of the molecule is C=CCN1C(=O)c2ccccc2N2C(=O)CC[C@@]12C(=O)N[C@H](C)c1ccc(F)c(F)c1. The fourth-order valence-corrected chi connectivity index (χ4v) is 4.34. The van der Waals surface area contributed by atoms with Crippen LogP contribution in [0, 0.1) is 11.6 Å². The number of fused-ring (bicyclic) bond motifs is 3. The first-order valence-corrected chi connectivity index (χ1v) is 9.92. The molecule has 0 bridgehead atoms. The quantitative estimate of drug-likeness (QED) is 0.748. The number of hydrogen-bond acceptors (Lipinski definition) is 3. The number of nitrogens with one attached hydrogen (secondary N) is 1. The molecule has 0 aromatic heterocycles. The Bertz CT molecular complexity index is 1100. The molecule has 31 heavy (non-hydrogen) atoms. The van der Waals surface area contributed by atoms with E-state index in [-0.39, 0.29) is 31.2 Å². The third-order valence-electron chi connectivity index (χ3n) is 5.84. The number of para-hydroxylation sites is 1. The number of anilines is 1. The lowest BCUT2D eigenvalue weighted by Crippen LogP contribution is -2.70. The Morgan fingerprint density at radius 2 is 1.97 bits per heavy atom. The van der Waals surface area contributed by atoms with Gasteiger partial charge in [-0.2, -0.15) is 0 Å². The monoisotopic (exact) mass is 425 g/mol. The number of carbonyl (C=O) groups is 3. The van der Waals surface area contributed by atoms with Gasteiger partial charge in [-0.1, -0.05) is 24.3 Å². The maximum absolute atomic E-state index is 13.7. The molecule has 2 aromatic rings. The van der Waals surface area contributed by atoms with Crippen LogP contribution in [-0.2, 0) is 9.59 Å². The van der Waals surface area contributed by atoms with E-state index in [2.05, 4.69) is 11.9 Å². The lowest BCUT2D eigenvalue weighted by atomic mass is 9.94. The molecule has 2 aromatic carbocycles. The second kappa shape index (κ2) is 7.61. The maximum Gasteiger partial charge on any atom is 0.267 e. The molecule has 0 spiro atoms. The normalized spacial score (nSPS) is 20.9. The first kappa shape index (κ1) is 20.7. The molecule has 4 rings (SSSR count). The van der Waals surface area contributed by atoms with Crippen molar-refractivity contribution in [3.05, 3.63) is 77.9 Å². The summed E-state index contributed by atoms with van der Waals surface area (Å²) in [5.41, 5.74) is -0.497. The van der Waals surface area contributed by atoms with Gasteiger partial charge >= 0.3 is 0 Å². The summed E-state index contributed by atoms with van der Waals surface area (Å²) in [5, 5.41) is 2.78. The molecule has 2 atom stereocenters. The summed E-state index contributed by atoms with van der Waals surface area (Å²) in [6, 6.07) is 9.34. The van der Waals surface area contributed by atoms with Gasteiger partial charge in [0.05, 0.1) is 17.3 Å². The molecule has 3 amide bonds. The minimum atomic E-state index is -1.57. The molecule has 0 radical (unpaired) electrons. The summed E-state index contributed by atoms with van der Waals surface area (Å²) in [6.07, 6.45) is 1.69. The van der Waals surface area contributed by atoms with E-state index in [0.29, 0.717) is 16.8 Å². The lowest BCUT2D eigenvalue weighted by Gasteiger charge is -2.49. The number of amides is 3. The van der Waals surface area contributed by atoms with Crippen LogP contribution in [0.25, 0.3) is 0 Å². The Labute approximate surface area is 178 Å². The largest absolute Gasteiger partial charge is 0.346 e. The Morgan fingerprint density at radius 1 is 1.23 bits per heavy atom. The van der Waals surface area contributed by atoms with Gasteiger partial charge in [0.25, 0.3) is 11.8 Å². The summed E-state index contributed by atoms with van der Waals surface area (Å²) < 4.78 is 27.0. The third kappa shape index (κ3) is 3.10. The van der Waals surface area contributed by atoms with Crippen LogP contribution in [0.3, 0.4) is 0 Å². The van der Waals surface area contributed by atoms with Crippen LogP contribution in [0.2, 0.25) is 0 Å². The zero-order chi connectivity index (χ0) is 22.3. The summed E-state index contributed by atoms with van der Waals surface area (Å²) >= 11 is 0. The number of hydrogen-bond donors (Lipinski definition) is 1. The number of carbonyl (C=O) groups excluding carboxylic acids is 3. The fraction of sp³-hybridized carbons (Fsp3) is 0.261. The predicted molar refractivity (Wildman–Crippen MR) is 110 cm³/mol. The van der Waals surface area contributed by atoms with E-state index in [1.54, 1.807) is 31.2 Å².